The van der Waals surface area contributed by atoms with E-state index in [4.69, 9.17) is 33.7 Å². The molecule has 0 radical (unpaired) electrons. The number of halogens is 2. The van der Waals surface area contributed by atoms with E-state index in [-0.39, 0.29) is 0 Å². The Balaban J connectivity index is 2.15. The molecule has 24 heavy (non-hydrogen) atoms. The minimum absolute atomic E-state index is 0.308. The maximum atomic E-state index is 12.3. The Bertz CT molecular complexity index is 805. The number of nitrogens with one attached hydrogen (secondary N) is 1. The summed E-state index contributed by atoms with van der Waals surface area (Å²) in [5, 5.41) is 3.89. The van der Waals surface area contributed by atoms with Crippen molar-refractivity contribution in [2.75, 3.05) is 5.32 Å². The Labute approximate surface area is 153 Å². The van der Waals surface area contributed by atoms with Gasteiger partial charge in [-0.25, -0.2) is 0 Å². The number of ether oxygens (including phenoxy) is 1. The van der Waals surface area contributed by atoms with Crippen molar-refractivity contribution >= 4 is 51.4 Å². The van der Waals surface area contributed by atoms with Crippen LogP contribution in [-0.2, 0) is 4.79 Å². The Morgan fingerprint density at radius 1 is 1.29 bits per heavy atom. The van der Waals surface area contributed by atoms with Gasteiger partial charge in [0.05, 0.1) is 10.6 Å². The van der Waals surface area contributed by atoms with Crippen LogP contribution in [0.25, 0.3) is 0 Å². The molecule has 1 atom stereocenters. The van der Waals surface area contributed by atoms with Gasteiger partial charge >= 0.3 is 0 Å². The zero-order chi connectivity index (χ0) is 18.0. The summed E-state index contributed by atoms with van der Waals surface area (Å²) >= 11 is 13.1. The van der Waals surface area contributed by atoms with Crippen LogP contribution in [0.1, 0.15) is 27.7 Å². The van der Waals surface area contributed by atoms with E-state index in [0.29, 0.717) is 26.4 Å². The van der Waals surface area contributed by atoms with Gasteiger partial charge in [0.25, 0.3) is 11.8 Å². The highest BCUT2D eigenvalue weighted by Crippen LogP contribution is 2.32. The van der Waals surface area contributed by atoms with Gasteiger partial charge in [0.2, 0.25) is 0 Å². The molecule has 0 fully saturated rings. The summed E-state index contributed by atoms with van der Waals surface area (Å²) in [5.74, 6) is -0.649. The van der Waals surface area contributed by atoms with Gasteiger partial charge < -0.3 is 15.8 Å². The van der Waals surface area contributed by atoms with Crippen molar-refractivity contribution in [1.82, 2.24) is 0 Å². The fraction of sp³-hybridized carbons (Fsp3) is 0.250. The maximum absolute atomic E-state index is 12.3. The van der Waals surface area contributed by atoms with Gasteiger partial charge in [0.1, 0.15) is 10.8 Å². The number of anilines is 1. The molecule has 0 bridgehead atoms. The predicted molar refractivity (Wildman–Crippen MR) is 97.5 cm³/mol. The first-order chi connectivity index (χ1) is 11.2. The molecule has 0 unspecified atom stereocenters. The summed E-state index contributed by atoms with van der Waals surface area (Å²) in [7, 11) is 0. The molecule has 0 saturated heterocycles. The van der Waals surface area contributed by atoms with Crippen LogP contribution in [0.5, 0.6) is 5.75 Å². The lowest BCUT2D eigenvalue weighted by Crippen LogP contribution is -2.30. The second kappa shape index (κ2) is 7.42. The normalized spacial score (nSPS) is 11.9. The molecule has 1 aromatic heterocycles. The van der Waals surface area contributed by atoms with E-state index in [1.807, 2.05) is 6.92 Å². The minimum atomic E-state index is -0.827. The standard InChI is InChI=1S/C16H16Cl2N2O3S/c1-7-9(3)24-16(13(7)14(19)21)20-15(22)8(2)23-12-5-4-10(17)6-11(12)18/h4-6,8H,1-3H3,(H2,19,21)(H,20,22)/t8-/m1/s1. The van der Waals surface area contributed by atoms with E-state index in [1.54, 1.807) is 26.0 Å². The highest BCUT2D eigenvalue weighted by molar-refractivity contribution is 7.16. The number of hydrogen-bond donors (Lipinski definition) is 2. The van der Waals surface area contributed by atoms with Gasteiger partial charge in [-0.2, -0.15) is 0 Å². The van der Waals surface area contributed by atoms with Crippen molar-refractivity contribution in [2.45, 2.75) is 26.9 Å². The van der Waals surface area contributed by atoms with E-state index in [1.165, 1.54) is 17.4 Å². The first kappa shape index (κ1) is 18.6. The number of amides is 2. The van der Waals surface area contributed by atoms with Crippen molar-refractivity contribution in [3.8, 4) is 5.75 Å². The summed E-state index contributed by atoms with van der Waals surface area (Å²) in [6, 6.07) is 4.73. The average molecular weight is 387 g/mol. The van der Waals surface area contributed by atoms with E-state index in [9.17, 15) is 9.59 Å². The number of carbonyl (C=O) groups is 2. The highest BCUT2D eigenvalue weighted by Gasteiger charge is 2.22. The van der Waals surface area contributed by atoms with Crippen LogP contribution in [0.4, 0.5) is 5.00 Å². The van der Waals surface area contributed by atoms with Crippen molar-refractivity contribution in [2.24, 2.45) is 5.73 Å². The third kappa shape index (κ3) is 4.01. The number of thiophene rings is 1. The quantitative estimate of drug-likeness (QED) is 0.808. The molecule has 3 N–H and O–H groups in total. The van der Waals surface area contributed by atoms with Crippen LogP contribution < -0.4 is 15.8 Å². The third-order valence-electron chi connectivity index (χ3n) is 3.44. The van der Waals surface area contributed by atoms with E-state index in [2.05, 4.69) is 5.32 Å². The number of carbonyl (C=O) groups excluding carboxylic acids is 2. The third-order valence-corrected chi connectivity index (χ3v) is 5.09. The second-order valence-corrected chi connectivity index (χ2v) is 7.24. The van der Waals surface area contributed by atoms with E-state index >= 15 is 0 Å². The fourth-order valence-corrected chi connectivity index (χ4v) is 3.56. The van der Waals surface area contributed by atoms with Crippen molar-refractivity contribution in [1.29, 1.82) is 0 Å². The Hall–Kier alpha value is -1.76. The number of aryl methyl sites for hydroxylation is 1. The van der Waals surface area contributed by atoms with Crippen LogP contribution in [0, 0.1) is 13.8 Å². The lowest BCUT2D eigenvalue weighted by Gasteiger charge is -2.15. The molecule has 8 heteroatoms. The Kier molecular flexibility index (Phi) is 5.74. The fourth-order valence-electron chi connectivity index (χ4n) is 2.04. The average Bonchev–Trinajstić information content (AvgIpc) is 2.76. The molecule has 5 nitrogen and oxygen atoms in total. The largest absolute Gasteiger partial charge is 0.479 e. The molecule has 0 aliphatic heterocycles. The molecule has 2 aromatic rings. The number of nitrogens with two attached hydrogens (primary N) is 1. The SMILES string of the molecule is Cc1sc(NC(=O)[C@@H](C)Oc2ccc(Cl)cc2Cl)c(C(N)=O)c1C. The molecular formula is C16H16Cl2N2O3S. The smallest absolute Gasteiger partial charge is 0.265 e. The summed E-state index contributed by atoms with van der Waals surface area (Å²) in [6.45, 7) is 5.22. The maximum Gasteiger partial charge on any atom is 0.265 e. The first-order valence-corrected chi connectivity index (χ1v) is 8.60. The Morgan fingerprint density at radius 3 is 2.54 bits per heavy atom. The monoisotopic (exact) mass is 386 g/mol. The molecule has 0 aliphatic rings. The molecule has 0 aliphatic carbocycles. The number of rotatable bonds is 5. The molecule has 2 amide bonds. The zero-order valence-electron chi connectivity index (χ0n) is 13.3. The topological polar surface area (TPSA) is 81.4 Å². The van der Waals surface area contributed by atoms with Crippen LogP contribution in [0.15, 0.2) is 18.2 Å². The van der Waals surface area contributed by atoms with Gasteiger partial charge in [0, 0.05) is 9.90 Å². The molecule has 0 saturated carbocycles. The van der Waals surface area contributed by atoms with Crippen LogP contribution in [0.2, 0.25) is 10.0 Å². The Morgan fingerprint density at radius 2 is 1.96 bits per heavy atom. The molecule has 128 valence electrons. The highest BCUT2D eigenvalue weighted by atomic mass is 35.5. The molecule has 1 heterocycles. The summed E-state index contributed by atoms with van der Waals surface area (Å²) in [4.78, 5) is 24.8. The zero-order valence-corrected chi connectivity index (χ0v) is 15.6. The van der Waals surface area contributed by atoms with E-state index in [0.717, 1.165) is 10.4 Å². The molecule has 0 spiro atoms. The first-order valence-electron chi connectivity index (χ1n) is 7.03. The lowest BCUT2D eigenvalue weighted by atomic mass is 10.1. The number of hydrogen-bond acceptors (Lipinski definition) is 4. The van der Waals surface area contributed by atoms with Crippen molar-refractivity contribution in [3.05, 3.63) is 44.2 Å². The van der Waals surface area contributed by atoms with Crippen molar-refractivity contribution in [3.63, 3.8) is 0 Å². The van der Waals surface area contributed by atoms with Crippen LogP contribution >= 0.6 is 34.5 Å². The van der Waals surface area contributed by atoms with Gasteiger partial charge in [-0.1, -0.05) is 23.2 Å². The summed E-state index contributed by atoms with van der Waals surface area (Å²) in [5.41, 5.74) is 6.48. The van der Waals surface area contributed by atoms with Crippen molar-refractivity contribution < 1.29 is 14.3 Å². The van der Waals surface area contributed by atoms with Gasteiger partial charge in [-0.15, -0.1) is 11.3 Å². The molecule has 2 rings (SSSR count). The predicted octanol–water partition coefficient (Wildman–Crippen LogP) is 4.18. The second-order valence-electron chi connectivity index (χ2n) is 5.18. The van der Waals surface area contributed by atoms with Crippen LogP contribution in [-0.4, -0.2) is 17.9 Å². The molecule has 1 aromatic carbocycles. The summed E-state index contributed by atoms with van der Waals surface area (Å²) in [6.07, 6.45) is -0.827. The lowest BCUT2D eigenvalue weighted by molar-refractivity contribution is -0.122. The van der Waals surface area contributed by atoms with Gasteiger partial charge in [-0.05, 0) is 44.5 Å². The van der Waals surface area contributed by atoms with E-state index < -0.39 is 17.9 Å². The number of benzene rings is 1. The van der Waals surface area contributed by atoms with Gasteiger partial charge in [-0.3, -0.25) is 9.59 Å². The number of primary amides is 1. The molecular weight excluding hydrogens is 371 g/mol. The van der Waals surface area contributed by atoms with Gasteiger partial charge in [0.15, 0.2) is 6.10 Å². The summed E-state index contributed by atoms with van der Waals surface area (Å²) < 4.78 is 5.56. The van der Waals surface area contributed by atoms with Crippen LogP contribution in [0.3, 0.4) is 0 Å². The minimum Gasteiger partial charge on any atom is -0.479 e.